The third-order valence-electron chi connectivity index (χ3n) is 15.9. The van der Waals surface area contributed by atoms with Crippen LogP contribution in [0.1, 0.15) is 0 Å². The zero-order valence-corrected chi connectivity index (χ0v) is 50.9. The number of nitrogens with zero attached hydrogens (tertiary/aromatic N) is 9. The zero-order valence-electron chi connectivity index (χ0n) is 47.6. The Hall–Kier alpha value is -10.9. The predicted molar refractivity (Wildman–Crippen MR) is 373 cm³/mol. The van der Waals surface area contributed by atoms with E-state index in [-0.39, 0.29) is 0 Å². The van der Waals surface area contributed by atoms with E-state index in [0.717, 1.165) is 76.5 Å². The third kappa shape index (κ3) is 10.0. The topological polar surface area (TPSA) is 116 Å². The summed E-state index contributed by atoms with van der Waals surface area (Å²) in [5, 5.41) is 3.74. The molecule has 0 N–H and O–H groups in total. The highest BCUT2D eigenvalue weighted by Crippen LogP contribution is 2.54. The van der Waals surface area contributed by atoms with Gasteiger partial charge in [-0.2, -0.15) is 0 Å². The molecule has 0 spiro atoms. The number of aromatic nitrogens is 9. The summed E-state index contributed by atoms with van der Waals surface area (Å²) in [6.07, 6.45) is 0. The number of thiophene rings is 4. The first kappa shape index (κ1) is 53.3. The highest BCUT2D eigenvalue weighted by atomic mass is 32.1. The highest BCUT2D eigenvalue weighted by Gasteiger charge is 2.24. The molecule has 17 rings (SSSR count). The molecule has 0 aliphatic heterocycles. The lowest BCUT2D eigenvalue weighted by atomic mass is 10.1. The standard InChI is InChI=1S/C77H45N9S4/c1-7-22-46(23-8-1)69-78-70(47-24-9-2-10-25-47)82-75(81-69)55-37-19-34-52(40-55)60-43-58-64-65(90-63-45-62(89-68(63)64)54-36-21-39-57(42-54)77-85-73(50-30-15-5-16-31-50)80-74(86-77)51-32-17-6-18-33-51)59-44-61(88-67(59)66(58)87-60)53-35-20-38-56(41-53)76-83-71(48-26-11-3-12-27-48)79-72(84-76)49-28-13-4-14-29-49/h1-45H. The van der Waals surface area contributed by atoms with Crippen LogP contribution in [0.4, 0.5) is 0 Å². The average Bonchev–Trinajstić information content (AvgIpc) is 1.56. The molecule has 7 heterocycles. The van der Waals surface area contributed by atoms with Gasteiger partial charge in [0.05, 0.1) is 14.1 Å². The fourth-order valence-electron chi connectivity index (χ4n) is 11.5. The monoisotopic (exact) mass is 1220 g/mol. The van der Waals surface area contributed by atoms with Gasteiger partial charge in [-0.1, -0.05) is 237 Å². The minimum absolute atomic E-state index is 0.615. The van der Waals surface area contributed by atoms with Crippen LogP contribution < -0.4 is 0 Å². The Morgan fingerprint density at radius 2 is 0.422 bits per heavy atom. The highest BCUT2D eigenvalue weighted by molar-refractivity contribution is 7.36. The van der Waals surface area contributed by atoms with Crippen molar-refractivity contribution in [2.24, 2.45) is 0 Å². The largest absolute Gasteiger partial charge is 0.208 e. The van der Waals surface area contributed by atoms with Gasteiger partial charge in [0, 0.05) is 90.3 Å². The van der Waals surface area contributed by atoms with Crippen molar-refractivity contribution in [3.63, 3.8) is 0 Å². The second-order valence-corrected chi connectivity index (χ2v) is 25.9. The van der Waals surface area contributed by atoms with E-state index in [2.05, 4.69) is 91.0 Å². The number of hydrogen-bond donors (Lipinski definition) is 0. The van der Waals surface area contributed by atoms with Gasteiger partial charge in [0.25, 0.3) is 0 Å². The molecule has 9 nitrogen and oxygen atoms in total. The molecule has 0 aliphatic carbocycles. The van der Waals surface area contributed by atoms with Crippen LogP contribution >= 0.6 is 45.3 Å². The second kappa shape index (κ2) is 22.7. The van der Waals surface area contributed by atoms with Gasteiger partial charge < -0.3 is 0 Å². The first-order valence-electron chi connectivity index (χ1n) is 29.3. The van der Waals surface area contributed by atoms with Crippen molar-refractivity contribution >= 4 is 85.0 Å². The number of hydrogen-bond acceptors (Lipinski definition) is 13. The summed E-state index contributed by atoms with van der Waals surface area (Å²) < 4.78 is 6.27. The van der Waals surface area contributed by atoms with Crippen LogP contribution in [-0.4, -0.2) is 44.9 Å². The number of fused-ring (bicyclic) bond motifs is 8. The van der Waals surface area contributed by atoms with Gasteiger partial charge in [0.15, 0.2) is 52.4 Å². The maximum Gasteiger partial charge on any atom is 0.164 e. The van der Waals surface area contributed by atoms with Crippen LogP contribution in [0.25, 0.3) is 173 Å². The van der Waals surface area contributed by atoms with Crippen molar-refractivity contribution in [1.82, 2.24) is 44.9 Å². The molecular formula is C77H45N9S4. The van der Waals surface area contributed by atoms with E-state index in [4.69, 9.17) is 44.9 Å². The van der Waals surface area contributed by atoms with Gasteiger partial charge in [-0.05, 0) is 53.1 Å². The lowest BCUT2D eigenvalue weighted by Crippen LogP contribution is -2.00. The van der Waals surface area contributed by atoms with Crippen molar-refractivity contribution in [2.75, 3.05) is 0 Å². The SMILES string of the molecule is c1ccc(-c2nc(-c3ccccc3)nc(-c3cccc(-c4cc5c(s4)c4sc(-c6cccc(-c7nc(-c8ccccc8)nc(-c8ccccc8)n7)c6)cc4c4c6sc(-c7cccc(-c8nc(-c9ccccc9)nc(-c9ccccc9)n8)c7)cc6sc54)c3)n2)cc1. The Balaban J connectivity index is 0.816. The Bertz CT molecular complexity index is 5370. The summed E-state index contributed by atoms with van der Waals surface area (Å²) in [4.78, 5) is 49.1. The van der Waals surface area contributed by atoms with Gasteiger partial charge in [0.1, 0.15) is 0 Å². The van der Waals surface area contributed by atoms with Gasteiger partial charge in [0.2, 0.25) is 0 Å². The zero-order chi connectivity index (χ0) is 59.5. The average molecular weight is 1220 g/mol. The van der Waals surface area contributed by atoms with Crippen LogP contribution in [0.5, 0.6) is 0 Å². The van der Waals surface area contributed by atoms with Gasteiger partial charge in [-0.15, -0.1) is 45.3 Å². The fourth-order valence-corrected chi connectivity index (χ4v) is 16.7. The van der Waals surface area contributed by atoms with Crippen LogP contribution in [0, 0.1) is 0 Å². The summed E-state index contributed by atoms with van der Waals surface area (Å²) in [6.45, 7) is 0. The minimum Gasteiger partial charge on any atom is -0.208 e. The van der Waals surface area contributed by atoms with Crippen molar-refractivity contribution in [2.45, 2.75) is 0 Å². The number of benzene rings is 10. The van der Waals surface area contributed by atoms with Crippen LogP contribution in [0.2, 0.25) is 0 Å². The molecule has 0 radical (unpaired) electrons. The quantitative estimate of drug-likeness (QED) is 0.118. The predicted octanol–water partition coefficient (Wildman–Crippen LogP) is 21.1. The van der Waals surface area contributed by atoms with Gasteiger partial charge in [-0.25, -0.2) is 44.9 Å². The fraction of sp³-hybridized carbons (Fsp3) is 0. The maximum absolute atomic E-state index is 5.13. The molecule has 90 heavy (non-hydrogen) atoms. The Kier molecular flexibility index (Phi) is 13.4. The van der Waals surface area contributed by atoms with Crippen molar-refractivity contribution < 1.29 is 0 Å². The molecule has 0 saturated carbocycles. The maximum atomic E-state index is 5.13. The molecule has 13 heteroatoms. The molecule has 10 aromatic carbocycles. The lowest BCUT2D eigenvalue weighted by molar-refractivity contribution is 1.07. The molecular weight excluding hydrogens is 1180 g/mol. The Labute approximate surface area is 532 Å². The van der Waals surface area contributed by atoms with E-state index < -0.39 is 0 Å². The number of rotatable bonds is 12. The van der Waals surface area contributed by atoms with Crippen LogP contribution in [-0.2, 0) is 0 Å². The molecule has 7 aromatic heterocycles. The summed E-state index contributed by atoms with van der Waals surface area (Å²) in [6, 6.07) is 93.9. The first-order valence-corrected chi connectivity index (χ1v) is 32.6. The van der Waals surface area contributed by atoms with Gasteiger partial charge in [-0.3, -0.25) is 0 Å². The molecule has 17 aromatic rings. The van der Waals surface area contributed by atoms with E-state index >= 15 is 0 Å². The summed E-state index contributed by atoms with van der Waals surface area (Å²) in [7, 11) is 0. The van der Waals surface area contributed by atoms with Crippen molar-refractivity contribution in [3.8, 4) is 134 Å². The van der Waals surface area contributed by atoms with Crippen molar-refractivity contribution in [1.29, 1.82) is 0 Å². The van der Waals surface area contributed by atoms with Gasteiger partial charge >= 0.3 is 0 Å². The normalized spacial score (nSPS) is 11.6. The van der Waals surface area contributed by atoms with E-state index in [1.54, 1.807) is 0 Å². The molecule has 0 amide bonds. The molecule has 0 fully saturated rings. The third-order valence-corrected chi connectivity index (χ3v) is 20.9. The van der Waals surface area contributed by atoms with E-state index in [9.17, 15) is 0 Å². The Morgan fingerprint density at radius 3 is 0.744 bits per heavy atom. The van der Waals surface area contributed by atoms with E-state index in [1.807, 2.05) is 227 Å². The van der Waals surface area contributed by atoms with Crippen LogP contribution in [0.3, 0.4) is 0 Å². The van der Waals surface area contributed by atoms with Crippen molar-refractivity contribution in [3.05, 3.63) is 273 Å². The molecule has 0 saturated heterocycles. The van der Waals surface area contributed by atoms with Crippen LogP contribution in [0.15, 0.2) is 273 Å². The second-order valence-electron chi connectivity index (χ2n) is 21.7. The summed E-state index contributed by atoms with van der Waals surface area (Å²) in [5.74, 6) is 5.63. The molecule has 0 bridgehead atoms. The van der Waals surface area contributed by atoms with E-state index in [0.29, 0.717) is 52.4 Å². The van der Waals surface area contributed by atoms with E-state index in [1.165, 1.54) is 44.5 Å². The molecule has 0 aliphatic rings. The minimum atomic E-state index is 0.615. The summed E-state index contributed by atoms with van der Waals surface area (Å²) >= 11 is 7.40. The molecule has 0 unspecified atom stereocenters. The summed E-state index contributed by atoms with van der Waals surface area (Å²) in [5.41, 5.74) is 11.6. The smallest absolute Gasteiger partial charge is 0.164 e. The lowest BCUT2D eigenvalue weighted by Gasteiger charge is -2.09. The Morgan fingerprint density at radius 1 is 0.178 bits per heavy atom. The first-order chi connectivity index (χ1) is 44.5. The molecule has 0 atom stereocenters. The molecule has 422 valence electrons.